The average molecular weight is 381 g/mol. The normalized spacial score (nSPS) is 23.0. The molecule has 0 radical (unpaired) electrons. The van der Waals surface area contributed by atoms with Gasteiger partial charge in [0, 0.05) is 4.47 Å². The van der Waals surface area contributed by atoms with Crippen LogP contribution in [0, 0.1) is 0 Å². The number of hydrogen-bond acceptors (Lipinski definition) is 6. The largest absolute Gasteiger partial charge is 0.491 e. The van der Waals surface area contributed by atoms with Crippen LogP contribution in [0.3, 0.4) is 0 Å². The van der Waals surface area contributed by atoms with Crippen molar-refractivity contribution in [1.29, 1.82) is 0 Å². The van der Waals surface area contributed by atoms with Gasteiger partial charge < -0.3 is 14.2 Å². The molecule has 2 atom stereocenters. The maximum absolute atomic E-state index is 11.4. The summed E-state index contributed by atoms with van der Waals surface area (Å²) >= 11 is 3.34. The predicted molar refractivity (Wildman–Crippen MR) is 79.7 cm³/mol. The first-order valence-electron chi connectivity index (χ1n) is 6.51. The zero-order valence-corrected chi connectivity index (χ0v) is 13.9. The second kappa shape index (κ2) is 7.55. The lowest BCUT2D eigenvalue weighted by atomic mass is 10.3. The van der Waals surface area contributed by atoms with Crippen molar-refractivity contribution in [2.24, 2.45) is 0 Å². The Hall–Kier alpha value is -0.670. The first-order chi connectivity index (χ1) is 9.98. The second-order valence-corrected chi connectivity index (χ2v) is 7.23. The molecule has 0 aliphatic carbocycles. The lowest BCUT2D eigenvalue weighted by Crippen LogP contribution is -2.41. The maximum Gasteiger partial charge on any atom is 0.269 e. The van der Waals surface area contributed by atoms with E-state index >= 15 is 0 Å². The molecule has 1 saturated heterocycles. The summed E-state index contributed by atoms with van der Waals surface area (Å²) < 4.78 is 45.0. The van der Waals surface area contributed by atoms with Crippen molar-refractivity contribution in [3.63, 3.8) is 0 Å². The maximum atomic E-state index is 11.4. The smallest absolute Gasteiger partial charge is 0.269 e. The summed E-state index contributed by atoms with van der Waals surface area (Å²) in [7, 11) is -3.57. The molecule has 1 heterocycles. The van der Waals surface area contributed by atoms with Gasteiger partial charge in [0.15, 0.2) is 6.29 Å². The quantitative estimate of drug-likeness (QED) is 0.702. The number of ether oxygens (including phenoxy) is 3. The van der Waals surface area contributed by atoms with E-state index in [9.17, 15) is 8.42 Å². The van der Waals surface area contributed by atoms with Crippen LogP contribution in [-0.4, -0.2) is 46.4 Å². The molecule has 0 spiro atoms. The molecule has 1 aromatic carbocycles. The van der Waals surface area contributed by atoms with Crippen LogP contribution in [0.25, 0.3) is 0 Å². The molecule has 1 aromatic rings. The molecule has 1 unspecified atom stereocenters. The molecule has 1 aliphatic heterocycles. The van der Waals surface area contributed by atoms with Crippen molar-refractivity contribution in [3.05, 3.63) is 28.7 Å². The summed E-state index contributed by atoms with van der Waals surface area (Å²) in [4.78, 5) is 0. The molecule has 1 aliphatic rings. The lowest BCUT2D eigenvalue weighted by Gasteiger charge is -2.29. The van der Waals surface area contributed by atoms with E-state index < -0.39 is 16.4 Å². The van der Waals surface area contributed by atoms with E-state index in [2.05, 4.69) is 15.9 Å². The number of rotatable bonds is 6. The van der Waals surface area contributed by atoms with E-state index in [0.29, 0.717) is 12.4 Å². The van der Waals surface area contributed by atoms with Gasteiger partial charge in [-0.2, -0.15) is 8.42 Å². The Labute approximate surface area is 132 Å². The fraction of sp³-hybridized carbons (Fsp3) is 0.538. The van der Waals surface area contributed by atoms with Crippen molar-refractivity contribution >= 4 is 26.0 Å². The van der Waals surface area contributed by atoms with Gasteiger partial charge in [0.05, 0.1) is 19.0 Å². The minimum absolute atomic E-state index is 0.0913. The fourth-order valence-corrected chi connectivity index (χ4v) is 2.51. The Bertz CT molecular complexity index is 544. The molecule has 2 rings (SSSR count). The van der Waals surface area contributed by atoms with Gasteiger partial charge in [-0.05, 0) is 31.2 Å². The predicted octanol–water partition coefficient (Wildman–Crippen LogP) is 1.94. The summed E-state index contributed by atoms with van der Waals surface area (Å²) in [5.41, 5.74) is 0. The van der Waals surface area contributed by atoms with Gasteiger partial charge in [0.1, 0.15) is 18.5 Å². The number of hydrogen-bond donors (Lipinski definition) is 0. The highest BCUT2D eigenvalue weighted by Crippen LogP contribution is 2.18. The average Bonchev–Trinajstić information content (AvgIpc) is 2.47. The standard InChI is InChI=1S/C13H17BrO6S/c1-2-21(15,16)20-13-9-17-7-12(19-13)8-18-11-5-3-10(14)4-6-11/h3-6,12-13H,2,7-9H2,1H3/t12-,13?/m0/s1. The Balaban J connectivity index is 1.82. The molecule has 0 N–H and O–H groups in total. The molecule has 0 amide bonds. The number of halogens is 1. The third-order valence-corrected chi connectivity index (χ3v) is 4.50. The SMILES string of the molecule is CCS(=O)(=O)OC1COC[C@@H](COc2ccc(Br)cc2)O1. The van der Waals surface area contributed by atoms with E-state index in [4.69, 9.17) is 18.4 Å². The van der Waals surface area contributed by atoms with Gasteiger partial charge in [-0.15, -0.1) is 0 Å². The summed E-state index contributed by atoms with van der Waals surface area (Å²) in [6.45, 7) is 2.19. The highest BCUT2D eigenvalue weighted by atomic mass is 79.9. The van der Waals surface area contributed by atoms with Gasteiger partial charge in [-0.25, -0.2) is 4.18 Å². The molecule has 6 nitrogen and oxygen atoms in total. The summed E-state index contributed by atoms with van der Waals surface area (Å²) in [5, 5.41) is 0. The second-order valence-electron chi connectivity index (χ2n) is 4.43. The van der Waals surface area contributed by atoms with Crippen LogP contribution < -0.4 is 4.74 Å². The third kappa shape index (κ3) is 5.55. The van der Waals surface area contributed by atoms with Crippen LogP contribution in [0.15, 0.2) is 28.7 Å². The van der Waals surface area contributed by atoms with Crippen molar-refractivity contribution in [3.8, 4) is 5.75 Å². The van der Waals surface area contributed by atoms with Gasteiger partial charge >= 0.3 is 0 Å². The van der Waals surface area contributed by atoms with Crippen molar-refractivity contribution in [2.75, 3.05) is 25.6 Å². The Morgan fingerprint density at radius 1 is 1.29 bits per heavy atom. The molecule has 118 valence electrons. The highest BCUT2D eigenvalue weighted by Gasteiger charge is 2.27. The van der Waals surface area contributed by atoms with Crippen LogP contribution in [-0.2, 0) is 23.8 Å². The van der Waals surface area contributed by atoms with Crippen LogP contribution in [0.5, 0.6) is 5.75 Å². The molecular formula is C13H17BrO6S. The first kappa shape index (κ1) is 16.7. The van der Waals surface area contributed by atoms with Crippen molar-refractivity contribution < 1.29 is 26.8 Å². The van der Waals surface area contributed by atoms with E-state index in [1.165, 1.54) is 6.92 Å². The molecule has 8 heteroatoms. The Morgan fingerprint density at radius 3 is 2.67 bits per heavy atom. The summed E-state index contributed by atoms with van der Waals surface area (Å²) in [6.07, 6.45) is -1.29. The van der Waals surface area contributed by atoms with Crippen LogP contribution in [0.1, 0.15) is 6.92 Å². The topological polar surface area (TPSA) is 71.1 Å². The number of benzene rings is 1. The van der Waals surface area contributed by atoms with E-state index in [0.717, 1.165) is 4.47 Å². The van der Waals surface area contributed by atoms with Crippen molar-refractivity contribution in [2.45, 2.75) is 19.3 Å². The molecule has 0 saturated carbocycles. The van der Waals surface area contributed by atoms with Gasteiger partial charge in [-0.1, -0.05) is 15.9 Å². The first-order valence-corrected chi connectivity index (χ1v) is 8.88. The summed E-state index contributed by atoms with van der Waals surface area (Å²) in [6, 6.07) is 7.38. The van der Waals surface area contributed by atoms with Crippen molar-refractivity contribution in [1.82, 2.24) is 0 Å². The van der Waals surface area contributed by atoms with E-state index in [1.807, 2.05) is 24.3 Å². The molecular weight excluding hydrogens is 364 g/mol. The minimum atomic E-state index is -3.57. The molecule has 21 heavy (non-hydrogen) atoms. The molecule has 0 bridgehead atoms. The zero-order chi connectivity index (χ0) is 15.3. The Kier molecular flexibility index (Phi) is 6.00. The zero-order valence-electron chi connectivity index (χ0n) is 11.5. The van der Waals surface area contributed by atoms with Gasteiger partial charge in [-0.3, -0.25) is 0 Å². The molecule has 0 aromatic heterocycles. The minimum Gasteiger partial charge on any atom is -0.491 e. The van der Waals surface area contributed by atoms with E-state index in [-0.39, 0.29) is 25.1 Å². The Morgan fingerprint density at radius 2 is 2.00 bits per heavy atom. The fourth-order valence-electron chi connectivity index (χ4n) is 1.68. The van der Waals surface area contributed by atoms with Crippen LogP contribution >= 0.6 is 15.9 Å². The highest BCUT2D eigenvalue weighted by molar-refractivity contribution is 9.10. The van der Waals surface area contributed by atoms with Crippen LogP contribution in [0.4, 0.5) is 0 Å². The van der Waals surface area contributed by atoms with Crippen LogP contribution in [0.2, 0.25) is 0 Å². The van der Waals surface area contributed by atoms with E-state index in [1.54, 1.807) is 0 Å². The monoisotopic (exact) mass is 380 g/mol. The summed E-state index contributed by atoms with van der Waals surface area (Å²) in [5.74, 6) is 0.596. The molecule has 1 fully saturated rings. The van der Waals surface area contributed by atoms with Gasteiger partial charge in [0.25, 0.3) is 10.1 Å². The lowest BCUT2D eigenvalue weighted by molar-refractivity contribution is -0.212. The third-order valence-electron chi connectivity index (χ3n) is 2.76. The van der Waals surface area contributed by atoms with Gasteiger partial charge in [0.2, 0.25) is 0 Å².